The van der Waals surface area contributed by atoms with Gasteiger partial charge in [-0.1, -0.05) is 34.1 Å². The lowest BCUT2D eigenvalue weighted by Crippen LogP contribution is -2.43. The van der Waals surface area contributed by atoms with Crippen molar-refractivity contribution in [1.29, 1.82) is 0 Å². The monoisotopic (exact) mass is 282 g/mol. The predicted octanol–water partition coefficient (Wildman–Crippen LogP) is 2.63. The van der Waals surface area contributed by atoms with Crippen LogP contribution in [0.3, 0.4) is 0 Å². The molecule has 1 fully saturated rings. The number of benzene rings is 1. The summed E-state index contributed by atoms with van der Waals surface area (Å²) in [6.45, 7) is 3.37. The predicted molar refractivity (Wildman–Crippen MR) is 71.5 cm³/mol. The third-order valence-electron chi connectivity index (χ3n) is 3.16. The lowest BCUT2D eigenvalue weighted by atomic mass is 10.1. The van der Waals surface area contributed by atoms with Gasteiger partial charge in [0.1, 0.15) is 0 Å². The maximum atomic E-state index is 3.64. The standard InChI is InChI=1S/C13H19BrN2/c1-16-8-4-6-12(10-16)15-9-11-5-2-3-7-13(11)14/h2-3,5,7,12,15H,4,6,8-10H2,1H3. The molecule has 0 saturated carbocycles. The molecule has 0 radical (unpaired) electrons. The zero-order valence-corrected chi connectivity index (χ0v) is 11.3. The summed E-state index contributed by atoms with van der Waals surface area (Å²) in [6, 6.07) is 9.07. The fourth-order valence-corrected chi connectivity index (χ4v) is 2.65. The molecular weight excluding hydrogens is 264 g/mol. The normalized spacial score (nSPS) is 22.2. The highest BCUT2D eigenvalue weighted by Gasteiger charge is 2.16. The quantitative estimate of drug-likeness (QED) is 0.917. The highest BCUT2D eigenvalue weighted by Crippen LogP contribution is 2.16. The fraction of sp³-hybridized carbons (Fsp3) is 0.538. The average Bonchev–Trinajstić information content (AvgIpc) is 2.28. The number of nitrogens with one attached hydrogen (secondary N) is 1. The molecule has 88 valence electrons. The van der Waals surface area contributed by atoms with E-state index in [2.05, 4.69) is 57.5 Å². The molecule has 1 heterocycles. The van der Waals surface area contributed by atoms with Crippen LogP contribution in [-0.2, 0) is 6.54 Å². The Morgan fingerprint density at radius 2 is 2.25 bits per heavy atom. The van der Waals surface area contributed by atoms with Gasteiger partial charge in [-0.2, -0.15) is 0 Å². The number of piperidine rings is 1. The summed E-state index contributed by atoms with van der Waals surface area (Å²) >= 11 is 3.58. The number of likely N-dealkylation sites (tertiary alicyclic amines) is 1. The Labute approximate surface area is 106 Å². The van der Waals surface area contributed by atoms with E-state index in [1.165, 1.54) is 36.0 Å². The van der Waals surface area contributed by atoms with E-state index in [1.807, 2.05) is 0 Å². The van der Waals surface area contributed by atoms with Gasteiger partial charge in [0.05, 0.1) is 0 Å². The molecule has 0 aliphatic carbocycles. The van der Waals surface area contributed by atoms with Crippen molar-refractivity contribution in [3.05, 3.63) is 34.3 Å². The Morgan fingerprint density at radius 1 is 1.44 bits per heavy atom. The van der Waals surface area contributed by atoms with Gasteiger partial charge in [0.25, 0.3) is 0 Å². The molecule has 1 aliphatic heterocycles. The Hall–Kier alpha value is -0.380. The fourth-order valence-electron chi connectivity index (χ4n) is 2.23. The molecule has 1 N–H and O–H groups in total. The lowest BCUT2D eigenvalue weighted by Gasteiger charge is -2.30. The average molecular weight is 283 g/mol. The minimum Gasteiger partial charge on any atom is -0.309 e. The summed E-state index contributed by atoms with van der Waals surface area (Å²) in [6.07, 6.45) is 2.61. The summed E-state index contributed by atoms with van der Waals surface area (Å²) in [5, 5.41) is 3.64. The number of nitrogens with zero attached hydrogens (tertiary/aromatic N) is 1. The van der Waals surface area contributed by atoms with Crippen molar-refractivity contribution in [2.45, 2.75) is 25.4 Å². The second-order valence-electron chi connectivity index (χ2n) is 4.57. The molecular formula is C13H19BrN2. The molecule has 0 bridgehead atoms. The van der Waals surface area contributed by atoms with Crippen molar-refractivity contribution in [1.82, 2.24) is 10.2 Å². The van der Waals surface area contributed by atoms with Crippen LogP contribution >= 0.6 is 15.9 Å². The van der Waals surface area contributed by atoms with Gasteiger partial charge in [-0.05, 0) is 38.1 Å². The second kappa shape index (κ2) is 5.80. The molecule has 1 aromatic carbocycles. The largest absolute Gasteiger partial charge is 0.309 e. The summed E-state index contributed by atoms with van der Waals surface area (Å²) < 4.78 is 1.20. The van der Waals surface area contributed by atoms with Crippen LogP contribution in [0.25, 0.3) is 0 Å². The number of likely N-dealkylation sites (N-methyl/N-ethyl adjacent to an activating group) is 1. The van der Waals surface area contributed by atoms with Crippen molar-refractivity contribution in [2.24, 2.45) is 0 Å². The highest BCUT2D eigenvalue weighted by atomic mass is 79.9. The van der Waals surface area contributed by atoms with Crippen molar-refractivity contribution in [3.63, 3.8) is 0 Å². The van der Waals surface area contributed by atoms with E-state index in [0.717, 1.165) is 6.54 Å². The molecule has 0 amide bonds. The molecule has 3 heteroatoms. The topological polar surface area (TPSA) is 15.3 Å². The van der Waals surface area contributed by atoms with Gasteiger partial charge in [0, 0.05) is 23.6 Å². The smallest absolute Gasteiger partial charge is 0.0220 e. The van der Waals surface area contributed by atoms with E-state index in [9.17, 15) is 0 Å². The number of hydrogen-bond donors (Lipinski definition) is 1. The van der Waals surface area contributed by atoms with Crippen molar-refractivity contribution in [2.75, 3.05) is 20.1 Å². The number of rotatable bonds is 3. The Balaban J connectivity index is 1.85. The first-order valence-electron chi connectivity index (χ1n) is 5.91. The van der Waals surface area contributed by atoms with Gasteiger partial charge in [0.2, 0.25) is 0 Å². The molecule has 1 saturated heterocycles. The minimum atomic E-state index is 0.644. The van der Waals surface area contributed by atoms with Crippen LogP contribution in [0.4, 0.5) is 0 Å². The maximum absolute atomic E-state index is 3.64. The van der Waals surface area contributed by atoms with Crippen molar-refractivity contribution < 1.29 is 0 Å². The molecule has 2 nitrogen and oxygen atoms in total. The van der Waals surface area contributed by atoms with Crippen LogP contribution in [0.2, 0.25) is 0 Å². The number of hydrogen-bond acceptors (Lipinski definition) is 2. The third-order valence-corrected chi connectivity index (χ3v) is 3.94. The third kappa shape index (κ3) is 3.30. The zero-order valence-electron chi connectivity index (χ0n) is 9.75. The van der Waals surface area contributed by atoms with Crippen LogP contribution in [0, 0.1) is 0 Å². The van der Waals surface area contributed by atoms with Gasteiger partial charge in [-0.15, -0.1) is 0 Å². The van der Waals surface area contributed by atoms with Gasteiger partial charge in [-0.3, -0.25) is 0 Å². The molecule has 0 aromatic heterocycles. The summed E-state index contributed by atoms with van der Waals surface area (Å²) in [4.78, 5) is 2.40. The highest BCUT2D eigenvalue weighted by molar-refractivity contribution is 9.10. The van der Waals surface area contributed by atoms with E-state index in [4.69, 9.17) is 0 Å². The second-order valence-corrected chi connectivity index (χ2v) is 5.43. The minimum absolute atomic E-state index is 0.644. The van der Waals surface area contributed by atoms with E-state index in [0.29, 0.717) is 6.04 Å². The van der Waals surface area contributed by atoms with E-state index < -0.39 is 0 Å². The molecule has 1 aliphatic rings. The Kier molecular flexibility index (Phi) is 4.38. The van der Waals surface area contributed by atoms with Gasteiger partial charge in [-0.25, -0.2) is 0 Å². The Morgan fingerprint density at radius 3 is 3.00 bits per heavy atom. The van der Waals surface area contributed by atoms with Crippen LogP contribution in [0.5, 0.6) is 0 Å². The van der Waals surface area contributed by atoms with Crippen molar-refractivity contribution >= 4 is 15.9 Å². The Bertz CT molecular complexity index is 340. The molecule has 16 heavy (non-hydrogen) atoms. The van der Waals surface area contributed by atoms with E-state index in [1.54, 1.807) is 0 Å². The molecule has 0 spiro atoms. The van der Waals surface area contributed by atoms with Gasteiger partial charge in [0.15, 0.2) is 0 Å². The van der Waals surface area contributed by atoms with Crippen LogP contribution < -0.4 is 5.32 Å². The first-order valence-corrected chi connectivity index (χ1v) is 6.70. The van der Waals surface area contributed by atoms with E-state index >= 15 is 0 Å². The first kappa shape index (κ1) is 12.1. The molecule has 1 atom stereocenters. The molecule has 1 unspecified atom stereocenters. The molecule has 2 rings (SSSR count). The summed E-state index contributed by atoms with van der Waals surface area (Å²) in [5.74, 6) is 0. The van der Waals surface area contributed by atoms with E-state index in [-0.39, 0.29) is 0 Å². The lowest BCUT2D eigenvalue weighted by molar-refractivity contribution is 0.226. The first-order chi connectivity index (χ1) is 7.75. The van der Waals surface area contributed by atoms with Crippen molar-refractivity contribution in [3.8, 4) is 0 Å². The number of halogens is 1. The van der Waals surface area contributed by atoms with Gasteiger partial charge >= 0.3 is 0 Å². The van der Waals surface area contributed by atoms with Crippen LogP contribution in [0.15, 0.2) is 28.7 Å². The zero-order chi connectivity index (χ0) is 11.4. The summed E-state index contributed by atoms with van der Waals surface area (Å²) in [5.41, 5.74) is 1.34. The summed E-state index contributed by atoms with van der Waals surface area (Å²) in [7, 11) is 2.20. The van der Waals surface area contributed by atoms with Gasteiger partial charge < -0.3 is 10.2 Å². The molecule has 1 aromatic rings. The van der Waals surface area contributed by atoms with Crippen LogP contribution in [0.1, 0.15) is 18.4 Å². The van der Waals surface area contributed by atoms with Crippen LogP contribution in [-0.4, -0.2) is 31.1 Å². The maximum Gasteiger partial charge on any atom is 0.0220 e. The SMILES string of the molecule is CN1CCCC(NCc2ccccc2Br)C1.